The van der Waals surface area contributed by atoms with Crippen LogP contribution < -0.4 is 10.2 Å². The van der Waals surface area contributed by atoms with Gasteiger partial charge in [-0.3, -0.25) is 4.79 Å². The number of phenolic OH excluding ortho intramolecular Hbond substituents is 4. The molecule has 0 aliphatic carbocycles. The molecule has 30 heavy (non-hydrogen) atoms. The molecule has 1 heterocycles. The van der Waals surface area contributed by atoms with Crippen molar-refractivity contribution in [2.24, 2.45) is 0 Å². The molecule has 0 spiro atoms. The smallest absolute Gasteiger partial charge is 0.508 e. The van der Waals surface area contributed by atoms with Gasteiger partial charge in [-0.1, -0.05) is 0 Å². The van der Waals surface area contributed by atoms with E-state index in [0.717, 1.165) is 24.3 Å². The average Bonchev–Trinajstić information content (AvgIpc) is 2.64. The first-order valence-electron chi connectivity index (χ1n) is 8.68. The first-order valence-corrected chi connectivity index (χ1v) is 8.68. The van der Waals surface area contributed by atoms with E-state index in [1.807, 2.05) is 0 Å². The molecule has 0 amide bonds. The van der Waals surface area contributed by atoms with Crippen molar-refractivity contribution in [3.8, 4) is 40.1 Å². The Hall–Kier alpha value is -4.08. The number of fused-ring (bicyclic) bond motifs is 1. The van der Waals surface area contributed by atoms with E-state index in [4.69, 9.17) is 18.6 Å². The number of ether oxygens (including phenoxy) is 3. The van der Waals surface area contributed by atoms with Crippen LogP contribution in [0.4, 0.5) is 4.79 Å². The molecule has 0 fully saturated rings. The number of carbonyl (C=O) groups is 1. The maximum absolute atomic E-state index is 12.9. The monoisotopic (exact) mass is 418 g/mol. The average molecular weight is 418 g/mol. The molecular formula is C20H18O10. The Morgan fingerprint density at radius 2 is 1.77 bits per heavy atom. The lowest BCUT2D eigenvalue weighted by Crippen LogP contribution is -2.18. The van der Waals surface area contributed by atoms with Crippen molar-refractivity contribution in [1.82, 2.24) is 0 Å². The third-order valence-corrected chi connectivity index (χ3v) is 3.87. The van der Waals surface area contributed by atoms with Gasteiger partial charge in [0.1, 0.15) is 22.5 Å². The van der Waals surface area contributed by atoms with Crippen LogP contribution in [-0.2, 0) is 9.47 Å². The SMILES string of the molecule is CC(C)OC(=O)OCOc1c(-c2ccc(O)c(O)c2)oc2cc(O)cc(O)c2c1=O. The summed E-state index contributed by atoms with van der Waals surface area (Å²) in [6.45, 7) is 2.53. The standard InChI is InChI=1S/C20H18O10/c1-9(2)29-20(26)28-8-27-19-17(25)16-14(24)6-11(21)7-15(16)30-18(19)10-3-4-12(22)13(23)5-10/h3-7,9,21-24H,8H2,1-2H3. The Bertz CT molecular complexity index is 1160. The first kappa shape index (κ1) is 20.6. The third-order valence-electron chi connectivity index (χ3n) is 3.87. The topological polar surface area (TPSA) is 156 Å². The minimum absolute atomic E-state index is 0.131. The van der Waals surface area contributed by atoms with Crippen LogP contribution in [0.25, 0.3) is 22.3 Å². The second kappa shape index (κ2) is 8.11. The zero-order valence-electron chi connectivity index (χ0n) is 15.9. The highest BCUT2D eigenvalue weighted by Crippen LogP contribution is 2.38. The Kier molecular flexibility index (Phi) is 5.58. The van der Waals surface area contributed by atoms with E-state index in [9.17, 15) is 30.0 Å². The lowest BCUT2D eigenvalue weighted by atomic mass is 10.1. The van der Waals surface area contributed by atoms with E-state index in [2.05, 4.69) is 0 Å². The molecule has 0 aliphatic heterocycles. The summed E-state index contributed by atoms with van der Waals surface area (Å²) in [5, 5.41) is 38.8. The van der Waals surface area contributed by atoms with E-state index in [1.54, 1.807) is 13.8 Å². The summed E-state index contributed by atoms with van der Waals surface area (Å²) < 4.78 is 20.5. The van der Waals surface area contributed by atoms with Crippen LogP contribution in [0.5, 0.6) is 28.7 Å². The Morgan fingerprint density at radius 3 is 2.43 bits per heavy atom. The molecule has 1 aromatic heterocycles. The molecule has 0 unspecified atom stereocenters. The zero-order chi connectivity index (χ0) is 22.0. The number of carbonyl (C=O) groups excluding carboxylic acids is 1. The van der Waals surface area contributed by atoms with E-state index < -0.39 is 47.5 Å². The Morgan fingerprint density at radius 1 is 1.03 bits per heavy atom. The summed E-state index contributed by atoms with van der Waals surface area (Å²) in [5.74, 6) is -2.43. The minimum Gasteiger partial charge on any atom is -0.508 e. The van der Waals surface area contributed by atoms with E-state index >= 15 is 0 Å². The van der Waals surface area contributed by atoms with Gasteiger partial charge in [-0.05, 0) is 32.0 Å². The van der Waals surface area contributed by atoms with Crippen molar-refractivity contribution in [2.75, 3.05) is 6.79 Å². The molecular weight excluding hydrogens is 400 g/mol. The van der Waals surface area contributed by atoms with Gasteiger partial charge < -0.3 is 39.1 Å². The van der Waals surface area contributed by atoms with Gasteiger partial charge >= 0.3 is 6.16 Å². The molecule has 0 atom stereocenters. The van der Waals surface area contributed by atoms with E-state index in [-0.39, 0.29) is 28.0 Å². The molecule has 10 heteroatoms. The number of aromatic hydroxyl groups is 4. The summed E-state index contributed by atoms with van der Waals surface area (Å²) in [7, 11) is 0. The van der Waals surface area contributed by atoms with Crippen molar-refractivity contribution in [2.45, 2.75) is 20.0 Å². The quantitative estimate of drug-likeness (QED) is 0.276. The van der Waals surface area contributed by atoms with Crippen LogP contribution in [-0.4, -0.2) is 39.5 Å². The first-order chi connectivity index (χ1) is 14.2. The molecule has 0 saturated carbocycles. The summed E-state index contributed by atoms with van der Waals surface area (Å²) >= 11 is 0. The number of phenols is 4. The highest BCUT2D eigenvalue weighted by atomic mass is 16.8. The number of hydrogen-bond acceptors (Lipinski definition) is 10. The number of hydrogen-bond donors (Lipinski definition) is 4. The van der Waals surface area contributed by atoms with Crippen LogP contribution in [0.2, 0.25) is 0 Å². The lowest BCUT2D eigenvalue weighted by molar-refractivity contribution is -0.00868. The molecule has 158 valence electrons. The largest absolute Gasteiger partial charge is 0.511 e. The number of rotatable bonds is 5. The highest BCUT2D eigenvalue weighted by molar-refractivity contribution is 5.88. The normalized spacial score (nSPS) is 10.9. The summed E-state index contributed by atoms with van der Waals surface area (Å²) in [5.41, 5.74) is -0.850. The van der Waals surface area contributed by atoms with E-state index in [1.165, 1.54) is 6.07 Å². The van der Waals surface area contributed by atoms with Gasteiger partial charge in [0.05, 0.1) is 6.10 Å². The van der Waals surface area contributed by atoms with E-state index in [0.29, 0.717) is 0 Å². The maximum Gasteiger partial charge on any atom is 0.511 e. The predicted molar refractivity (Wildman–Crippen MR) is 103 cm³/mol. The molecule has 10 nitrogen and oxygen atoms in total. The van der Waals surface area contributed by atoms with Crippen LogP contribution in [0.3, 0.4) is 0 Å². The third kappa shape index (κ3) is 4.17. The van der Waals surface area contributed by atoms with Gasteiger partial charge in [0, 0.05) is 17.7 Å². The molecule has 3 aromatic rings. The van der Waals surface area contributed by atoms with Gasteiger partial charge in [-0.25, -0.2) is 4.79 Å². The number of benzene rings is 2. The van der Waals surface area contributed by atoms with Crippen LogP contribution >= 0.6 is 0 Å². The molecule has 2 aromatic carbocycles. The molecule has 0 radical (unpaired) electrons. The van der Waals surface area contributed by atoms with Crippen molar-refractivity contribution in [3.05, 3.63) is 40.6 Å². The summed E-state index contributed by atoms with van der Waals surface area (Å²) in [6, 6.07) is 5.67. The Balaban J connectivity index is 2.10. The van der Waals surface area contributed by atoms with Gasteiger partial charge in [0.15, 0.2) is 17.3 Å². The fraction of sp³-hybridized carbons (Fsp3) is 0.200. The highest BCUT2D eigenvalue weighted by Gasteiger charge is 2.22. The van der Waals surface area contributed by atoms with Crippen LogP contribution in [0.1, 0.15) is 13.8 Å². The molecule has 4 N–H and O–H groups in total. The van der Waals surface area contributed by atoms with Crippen molar-refractivity contribution >= 4 is 17.1 Å². The van der Waals surface area contributed by atoms with Gasteiger partial charge in [0.25, 0.3) is 0 Å². The summed E-state index contributed by atoms with van der Waals surface area (Å²) in [6.07, 6.45) is -1.45. The molecule has 0 saturated heterocycles. The van der Waals surface area contributed by atoms with Crippen LogP contribution in [0.15, 0.2) is 39.5 Å². The maximum atomic E-state index is 12.9. The molecule has 0 aliphatic rings. The molecule has 0 bridgehead atoms. The lowest BCUT2D eigenvalue weighted by Gasteiger charge is -2.13. The molecule has 3 rings (SSSR count). The zero-order valence-corrected chi connectivity index (χ0v) is 15.9. The minimum atomic E-state index is -1.02. The van der Waals surface area contributed by atoms with Crippen LogP contribution in [0, 0.1) is 0 Å². The predicted octanol–water partition coefficient (Wildman–Crippen LogP) is 3.18. The van der Waals surface area contributed by atoms with Crippen molar-refractivity contribution in [1.29, 1.82) is 0 Å². The van der Waals surface area contributed by atoms with Crippen molar-refractivity contribution < 1.29 is 43.8 Å². The second-order valence-corrected chi connectivity index (χ2v) is 6.45. The van der Waals surface area contributed by atoms with Gasteiger partial charge in [-0.2, -0.15) is 0 Å². The second-order valence-electron chi connectivity index (χ2n) is 6.45. The summed E-state index contributed by atoms with van der Waals surface area (Å²) in [4.78, 5) is 24.5. The van der Waals surface area contributed by atoms with Crippen molar-refractivity contribution in [3.63, 3.8) is 0 Å². The fourth-order valence-electron chi connectivity index (χ4n) is 2.62. The van der Waals surface area contributed by atoms with Gasteiger partial charge in [-0.15, -0.1) is 0 Å². The van der Waals surface area contributed by atoms with Gasteiger partial charge in [0.2, 0.25) is 18.0 Å². The Labute approximate surface area is 169 Å². The fourth-order valence-corrected chi connectivity index (χ4v) is 2.62.